The predicted molar refractivity (Wildman–Crippen MR) is 264 cm³/mol. The summed E-state index contributed by atoms with van der Waals surface area (Å²) >= 11 is 6.54. The highest BCUT2D eigenvalue weighted by atomic mass is 35.5. The normalized spacial score (nSPS) is 18.1. The first-order valence-electron chi connectivity index (χ1n) is 23.2. The van der Waals surface area contributed by atoms with Gasteiger partial charge in [-0.1, -0.05) is 57.9 Å². The van der Waals surface area contributed by atoms with E-state index in [-0.39, 0.29) is 58.8 Å². The Morgan fingerprint density at radius 2 is 1.77 bits per heavy atom. The SMILES string of the molecule is CC1(C)CCC(CN2CCN(c3ccc(C(=O)NS(=O)(=O)c4ccc(NCC5CN(C(=O)C(C)(C)C)CCO5)c([N+](=O)[O-])c4)c(Oc4cnc5[nH]ccc5c4)c3)CC2)=C(c2ccc(C(F)(F)F)cc2Cl)C1. The van der Waals surface area contributed by atoms with Gasteiger partial charge in [0, 0.05) is 92.2 Å². The van der Waals surface area contributed by atoms with E-state index in [9.17, 15) is 41.3 Å². The van der Waals surface area contributed by atoms with Gasteiger partial charge in [-0.05, 0) is 84.3 Å². The van der Waals surface area contributed by atoms with Crippen molar-refractivity contribution in [2.75, 3.05) is 69.2 Å². The summed E-state index contributed by atoms with van der Waals surface area (Å²) in [5.74, 6) is -0.795. The van der Waals surface area contributed by atoms with E-state index in [1.807, 2.05) is 20.8 Å². The van der Waals surface area contributed by atoms with Crippen molar-refractivity contribution in [3.8, 4) is 11.5 Å². The number of aromatic nitrogens is 2. The van der Waals surface area contributed by atoms with Crippen LogP contribution in [0.2, 0.25) is 5.02 Å². The van der Waals surface area contributed by atoms with E-state index in [1.54, 1.807) is 35.4 Å². The van der Waals surface area contributed by atoms with Crippen LogP contribution in [0.3, 0.4) is 0 Å². The summed E-state index contributed by atoms with van der Waals surface area (Å²) in [6.07, 6.45) is 0.559. The highest BCUT2D eigenvalue weighted by molar-refractivity contribution is 7.90. The highest BCUT2D eigenvalue weighted by Gasteiger charge is 2.35. The third kappa shape index (κ3) is 11.9. The molecule has 2 amide bonds. The fourth-order valence-corrected chi connectivity index (χ4v) is 10.5. The molecule has 1 aliphatic carbocycles. The third-order valence-electron chi connectivity index (χ3n) is 13.1. The molecule has 2 saturated heterocycles. The van der Waals surface area contributed by atoms with Crippen molar-refractivity contribution >= 4 is 67.1 Å². The number of nitro benzene ring substituents is 1. The summed E-state index contributed by atoms with van der Waals surface area (Å²) in [7, 11) is -4.69. The van der Waals surface area contributed by atoms with Gasteiger partial charge in [0.05, 0.1) is 39.9 Å². The molecule has 8 rings (SSSR count). The van der Waals surface area contributed by atoms with Gasteiger partial charge < -0.3 is 29.6 Å². The molecule has 5 aromatic rings. The fourth-order valence-electron chi connectivity index (χ4n) is 9.19. The Morgan fingerprint density at radius 3 is 2.48 bits per heavy atom. The van der Waals surface area contributed by atoms with Crippen LogP contribution in [0.5, 0.6) is 11.5 Å². The van der Waals surface area contributed by atoms with E-state index < -0.39 is 54.7 Å². The Morgan fingerprint density at radius 1 is 1.01 bits per heavy atom. The number of alkyl halides is 3. The van der Waals surface area contributed by atoms with Crippen molar-refractivity contribution in [1.82, 2.24) is 24.5 Å². The van der Waals surface area contributed by atoms with Crippen molar-refractivity contribution in [3.05, 3.63) is 117 Å². The molecule has 378 valence electrons. The van der Waals surface area contributed by atoms with Crippen molar-refractivity contribution in [2.24, 2.45) is 10.8 Å². The second-order valence-electron chi connectivity index (χ2n) is 20.0. The number of piperazine rings is 1. The van der Waals surface area contributed by atoms with Gasteiger partial charge in [0.2, 0.25) is 5.91 Å². The van der Waals surface area contributed by atoms with Crippen LogP contribution >= 0.6 is 11.6 Å². The van der Waals surface area contributed by atoms with E-state index in [2.05, 4.69) is 43.7 Å². The lowest BCUT2D eigenvalue weighted by atomic mass is 9.72. The van der Waals surface area contributed by atoms with Crippen LogP contribution in [0.4, 0.5) is 30.2 Å². The Labute approximate surface area is 414 Å². The number of nitrogens with one attached hydrogen (secondary N) is 3. The molecule has 1 atom stereocenters. The lowest BCUT2D eigenvalue weighted by Crippen LogP contribution is -2.51. The number of morpholine rings is 1. The van der Waals surface area contributed by atoms with Crippen LogP contribution in [0.15, 0.2) is 89.6 Å². The van der Waals surface area contributed by atoms with E-state index >= 15 is 0 Å². The van der Waals surface area contributed by atoms with Crippen LogP contribution in [-0.4, -0.2) is 110 Å². The molecule has 16 nitrogen and oxygen atoms in total. The van der Waals surface area contributed by atoms with Gasteiger partial charge >= 0.3 is 6.18 Å². The molecule has 3 aromatic carbocycles. The number of hydrogen-bond acceptors (Lipinski definition) is 12. The number of hydrogen-bond donors (Lipinski definition) is 3. The van der Waals surface area contributed by atoms with Gasteiger partial charge in [-0.2, -0.15) is 13.2 Å². The van der Waals surface area contributed by atoms with E-state index in [0.717, 1.165) is 53.6 Å². The zero-order valence-electron chi connectivity index (χ0n) is 40.0. The molecule has 2 fully saturated rings. The molecule has 2 aromatic heterocycles. The smallest absolute Gasteiger partial charge is 0.416 e. The van der Waals surface area contributed by atoms with Crippen molar-refractivity contribution < 1.29 is 45.6 Å². The van der Waals surface area contributed by atoms with E-state index in [0.29, 0.717) is 62.6 Å². The molecule has 71 heavy (non-hydrogen) atoms. The summed E-state index contributed by atoms with van der Waals surface area (Å²) in [6, 6.07) is 15.1. The lowest BCUT2D eigenvalue weighted by Gasteiger charge is -2.39. The summed E-state index contributed by atoms with van der Waals surface area (Å²) in [5, 5.41) is 16.0. The zero-order valence-corrected chi connectivity index (χ0v) is 41.6. The number of aromatic amines is 1. The average Bonchev–Trinajstić information content (AvgIpc) is 3.79. The van der Waals surface area contributed by atoms with Gasteiger partial charge in [-0.25, -0.2) is 18.1 Å². The van der Waals surface area contributed by atoms with Gasteiger partial charge in [0.1, 0.15) is 22.8 Å². The largest absolute Gasteiger partial charge is 0.455 e. The number of nitrogens with zero attached hydrogens (tertiary/aromatic N) is 5. The number of carbonyl (C=O) groups is 2. The highest BCUT2D eigenvalue weighted by Crippen LogP contribution is 2.46. The maximum Gasteiger partial charge on any atom is 0.416 e. The molecule has 3 aliphatic rings. The molecular formula is C50H56ClF3N8O8S. The second kappa shape index (κ2) is 20.1. The van der Waals surface area contributed by atoms with Gasteiger partial charge in [-0.15, -0.1) is 0 Å². The first kappa shape index (κ1) is 51.1. The number of allylic oxidation sites excluding steroid dienone is 1. The minimum atomic E-state index is -4.69. The first-order valence-corrected chi connectivity index (χ1v) is 25.1. The number of pyridine rings is 1. The number of ether oxygens (including phenoxy) is 2. The quantitative estimate of drug-likeness (QED) is 0.0749. The molecule has 1 unspecified atom stereocenters. The van der Waals surface area contributed by atoms with E-state index in [1.165, 1.54) is 24.4 Å². The summed E-state index contributed by atoms with van der Waals surface area (Å²) in [5.41, 5.74) is 1.92. The van der Waals surface area contributed by atoms with Crippen LogP contribution in [-0.2, 0) is 25.7 Å². The van der Waals surface area contributed by atoms with Crippen LogP contribution < -0.4 is 19.7 Å². The minimum absolute atomic E-state index is 0.0196. The summed E-state index contributed by atoms with van der Waals surface area (Å²) in [4.78, 5) is 51.4. The van der Waals surface area contributed by atoms with E-state index in [4.69, 9.17) is 21.1 Å². The Kier molecular flexibility index (Phi) is 14.5. The van der Waals surface area contributed by atoms with Crippen LogP contribution in [0.1, 0.15) is 75.4 Å². The molecule has 0 bridgehead atoms. The fraction of sp³-hybridized carbons (Fsp3) is 0.420. The predicted octanol–water partition coefficient (Wildman–Crippen LogP) is 9.53. The number of rotatable bonds is 13. The number of sulfonamides is 1. The van der Waals surface area contributed by atoms with Crippen molar-refractivity contribution in [1.29, 1.82) is 0 Å². The molecule has 2 aliphatic heterocycles. The topological polar surface area (TPSA) is 192 Å². The summed E-state index contributed by atoms with van der Waals surface area (Å²) in [6.45, 7) is 13.8. The third-order valence-corrected chi connectivity index (χ3v) is 14.7. The number of H-pyrrole nitrogens is 1. The number of amides is 2. The van der Waals surface area contributed by atoms with Crippen LogP contribution in [0.25, 0.3) is 16.6 Å². The number of anilines is 2. The first-order chi connectivity index (χ1) is 33.4. The molecule has 4 heterocycles. The van der Waals surface area contributed by atoms with Crippen molar-refractivity contribution in [2.45, 2.75) is 71.1 Å². The zero-order chi connectivity index (χ0) is 51.0. The average molecular weight is 1020 g/mol. The number of benzene rings is 3. The number of halogens is 4. The maximum atomic E-state index is 14.0. The van der Waals surface area contributed by atoms with Crippen molar-refractivity contribution in [3.63, 3.8) is 0 Å². The molecule has 0 spiro atoms. The Hall–Kier alpha value is -6.22. The molecular weight excluding hydrogens is 965 g/mol. The Bertz CT molecular complexity index is 3000. The lowest BCUT2D eigenvalue weighted by molar-refractivity contribution is -0.384. The Balaban J connectivity index is 0.988. The standard InChI is InChI=1S/C50H56ClF3N8O8S/c1-48(2,3)47(64)61-20-21-69-36(30-61)28-56-42-11-8-37(25-43(42)62(65)66)71(67,68)58-46(63)39-10-7-34(24-44(39)70-35-22-31-13-15-55-45(31)57-27-35)60-18-16-59(17-19-60)29-32-12-14-49(4,5)26-40(32)38-9-6-33(23-41(38)51)50(52,53)54/h6-11,13,15,22-25,27,36,56H,12,14,16-21,26,28-30H2,1-5H3,(H,55,57)(H,58,63). The number of nitro groups is 1. The summed E-state index contributed by atoms with van der Waals surface area (Å²) < 4.78 is 82.3. The molecule has 3 N–H and O–H groups in total. The van der Waals surface area contributed by atoms with Gasteiger partial charge in [0.15, 0.2) is 0 Å². The number of fused-ring (bicyclic) bond motifs is 1. The van der Waals surface area contributed by atoms with Gasteiger partial charge in [0.25, 0.3) is 21.6 Å². The molecule has 0 radical (unpaired) electrons. The maximum absolute atomic E-state index is 14.0. The number of carbonyl (C=O) groups excluding carboxylic acids is 2. The second-order valence-corrected chi connectivity index (χ2v) is 22.1. The molecule has 21 heteroatoms. The van der Waals surface area contributed by atoms with Gasteiger partial charge in [-0.3, -0.25) is 24.6 Å². The monoisotopic (exact) mass is 1020 g/mol. The minimum Gasteiger partial charge on any atom is -0.455 e. The molecule has 0 saturated carbocycles. The van der Waals surface area contributed by atoms with Crippen LogP contribution in [0, 0.1) is 20.9 Å².